The third-order valence-electron chi connectivity index (χ3n) is 20.2. The number of nitrogen functional groups attached to an aromatic ring is 5. The number of aromatic nitrogens is 18. The maximum atomic E-state index is 14.6. The van der Waals surface area contributed by atoms with Crippen LogP contribution >= 0.6 is 47.4 Å². The number of hydrogen-bond donors (Lipinski definition) is 19. The molecule has 6 fully saturated rings. The number of nitrogens with one attached hydrogen (secondary N) is 3. The molecule has 6 aliphatic rings. The summed E-state index contributed by atoms with van der Waals surface area (Å²) in [5.41, 5.74) is 21.4. The van der Waals surface area contributed by atoms with Gasteiger partial charge < -0.3 is 107 Å². The molecule has 9 aromatic heterocycles. The van der Waals surface area contributed by atoms with Crippen LogP contribution in [0.2, 0.25) is 0 Å². The van der Waals surface area contributed by atoms with Gasteiger partial charge in [-0.05, 0) is 19.1 Å². The van der Waals surface area contributed by atoms with Crippen molar-refractivity contribution in [2.75, 3.05) is 68.3 Å². The molecule has 6 saturated heterocycles. The number of aromatic amines is 3. The fourth-order valence-electron chi connectivity index (χ4n) is 14.4. The smallest absolute Gasteiger partial charge is 0.394 e. The Labute approximate surface area is 702 Å². The number of imidazole rings is 3. The van der Waals surface area contributed by atoms with E-state index in [0.717, 1.165) is 69.7 Å². The highest BCUT2D eigenvalue weighted by atomic mass is 31.2. The number of nitrogens with two attached hydrogens (primary N) is 5. The van der Waals surface area contributed by atoms with Crippen LogP contribution < -0.4 is 62.4 Å². The maximum Gasteiger partial charge on any atom is 0.472 e. The molecular weight excluding hydrogens is 1840 g/mol. The number of hydrogen-bond acceptors (Lipinski definition) is 48. The largest absolute Gasteiger partial charge is 0.472 e. The number of aliphatic hydroxyl groups excluding tert-OH is 5. The number of ether oxygens (including phenoxy) is 6. The summed E-state index contributed by atoms with van der Waals surface area (Å²) in [7, 11) is -32.5. The Morgan fingerprint density at radius 2 is 0.835 bits per heavy atom. The van der Waals surface area contributed by atoms with E-state index in [1.807, 2.05) is 4.98 Å². The van der Waals surface area contributed by atoms with E-state index in [4.69, 9.17) is 107 Å². The summed E-state index contributed by atoms with van der Waals surface area (Å²) < 4.78 is 183. The van der Waals surface area contributed by atoms with Gasteiger partial charge in [-0.1, -0.05) is 0 Å². The lowest BCUT2D eigenvalue weighted by Gasteiger charge is -2.27. The van der Waals surface area contributed by atoms with Crippen molar-refractivity contribution in [2.45, 2.75) is 155 Å². The number of H-pyrrole nitrogens is 3. The van der Waals surface area contributed by atoms with Gasteiger partial charge in [-0.2, -0.15) is 19.9 Å². The molecule has 15 rings (SSSR count). The van der Waals surface area contributed by atoms with Gasteiger partial charge in [-0.3, -0.25) is 111 Å². The van der Waals surface area contributed by atoms with Crippen LogP contribution in [0.5, 0.6) is 0 Å². The molecule has 691 valence electrons. The monoisotopic (exact) mass is 1920 g/mol. The van der Waals surface area contributed by atoms with Gasteiger partial charge in [0, 0.05) is 37.0 Å². The highest BCUT2D eigenvalue weighted by molar-refractivity contribution is 7.48. The van der Waals surface area contributed by atoms with Gasteiger partial charge in [0.1, 0.15) is 134 Å². The molecule has 0 bridgehead atoms. The van der Waals surface area contributed by atoms with Crippen molar-refractivity contribution in [3.63, 3.8) is 0 Å². The standard InChI is InChI=1S/C58H74N23O40P6/c1-19-8-78(58(92)75-47(19)87)30-7-21(118-124(97,98)107-13-26-42(38(86)53(115-26)81-18-68-34-46(81)72-55(63)74-49(34)89)121-126(101,102)108-11-24-39(116-122(93)94)35(83)50(112-24)76-4-2-28(59)69-56(76)90)23(111-30)10-105-125(99,100)120-41-27(114-52(37(41)85)80-17-66-32-43(61)64-15-65-44(32)80)14-109-127(103,104)119-40-25(113-51(36(40)84)77-5-3-29(60)70-57(77)91)12-106-123(95,96)117-20-6-31(110-22(20)9-82)79-16-67-33-45(79)71-54(62)73-48(33)88/h2-5,8,15-18,20-27,30-31,35-42,50-53,82-86H,6-7,9-14H2,1H3,(H,93,94)(H,95,96)(H,97,98)(H,99,100)(H,101,102)(H,103,104)(H2,59,69,90)(H2,60,70,91)(H2,61,64,65)(H,75,87,92)(H3,62,71,73,88)(H3,63,72,74,89)/t20-,21-,22+,23+,24+,25+,26+,27+,30+,31+,35+,36+,37+,38+,39+,40+,41+,42+,50+,51+,52+,53+/m0/s1. The van der Waals surface area contributed by atoms with Crippen LogP contribution in [0.4, 0.5) is 29.4 Å². The van der Waals surface area contributed by atoms with Crippen molar-refractivity contribution in [1.29, 1.82) is 0 Å². The average Bonchev–Trinajstić information content (AvgIpc) is 1.61. The highest BCUT2D eigenvalue weighted by Gasteiger charge is 2.57. The number of rotatable bonds is 34. The molecule has 6 unspecified atom stereocenters. The zero-order valence-electron chi connectivity index (χ0n) is 64.1. The molecule has 69 heteroatoms. The minimum atomic E-state index is -5.93. The maximum absolute atomic E-state index is 14.6. The van der Waals surface area contributed by atoms with Gasteiger partial charge >= 0.3 is 64.4 Å². The van der Waals surface area contributed by atoms with Gasteiger partial charge in [-0.15, -0.1) is 0 Å². The SMILES string of the molecule is Cc1cn([C@H]2C[C@H](OP(=O)(O)OC[C@H]3O[C@@H](n4cnc5c(=O)[nH]c(N)nc54)[C@H](O)[C@@H]3OP(=O)(O)OC[C@H]3O[C@@H](n4ccc(N)nc4=O)[C@H](O)[C@@H]3O[P](=O)O)[C@@H](COP(=O)(O)O[C@H]3[C@@H](O)[C@H](n4cnc5c(N)ncnc54)O[C@@H]3COP(=O)(O)O[C@H]3[C@@H](O)[C@H](n4ccc(N)nc4=O)O[C@@H]3COP(=O)(O)O[C@H]3C[C@H](n4cnc5c(=O)[nH]c(N)nc54)O[C@@H]3CO)O2)c(=O)[nH]c1=O. The molecule has 6 aliphatic heterocycles. The molecule has 9 aromatic rings. The van der Waals surface area contributed by atoms with Gasteiger partial charge in [-0.25, -0.2) is 66.7 Å². The minimum Gasteiger partial charge on any atom is -0.394 e. The van der Waals surface area contributed by atoms with Crippen LogP contribution in [0.15, 0.2) is 84.8 Å². The van der Waals surface area contributed by atoms with Crippen molar-refractivity contribution in [3.8, 4) is 0 Å². The molecule has 28 atom stereocenters. The second-order valence-corrected chi connectivity index (χ2v) is 36.2. The molecule has 0 saturated carbocycles. The Balaban J connectivity index is 0.653. The van der Waals surface area contributed by atoms with Crippen LogP contribution in [-0.4, -0.2) is 279 Å². The first-order valence-electron chi connectivity index (χ1n) is 36.7. The summed E-state index contributed by atoms with van der Waals surface area (Å²) in [4.78, 5) is 186. The van der Waals surface area contributed by atoms with E-state index in [9.17, 15) is 111 Å². The summed E-state index contributed by atoms with van der Waals surface area (Å²) in [5.74, 6) is -1.62. The van der Waals surface area contributed by atoms with Gasteiger partial charge in [0.05, 0.1) is 58.6 Å². The first kappa shape index (κ1) is 92.5. The van der Waals surface area contributed by atoms with Gasteiger partial charge in [0.25, 0.3) is 16.7 Å². The Morgan fingerprint density at radius 1 is 0.457 bits per heavy atom. The number of aryl methyl sites for hydroxylation is 1. The van der Waals surface area contributed by atoms with Crippen LogP contribution in [-0.2, 0) is 106 Å². The molecule has 0 aliphatic carbocycles. The van der Waals surface area contributed by atoms with E-state index in [-0.39, 0.29) is 57.7 Å². The summed E-state index contributed by atoms with van der Waals surface area (Å²) >= 11 is 0. The van der Waals surface area contributed by atoms with Crippen LogP contribution in [0, 0.1) is 6.92 Å². The number of phosphoric acid groups is 5. The average molecular weight is 1920 g/mol. The van der Waals surface area contributed by atoms with Crippen LogP contribution in [0.1, 0.15) is 55.8 Å². The zero-order valence-corrected chi connectivity index (χ0v) is 69.5. The van der Waals surface area contributed by atoms with Crippen molar-refractivity contribution < 1.29 is 160 Å². The summed E-state index contributed by atoms with van der Waals surface area (Å²) in [5, 5.41) is 57.3. The molecule has 0 aromatic carbocycles. The Morgan fingerprint density at radius 3 is 1.28 bits per heavy atom. The normalized spacial score (nSPS) is 31.2. The number of anilines is 5. The number of phosphoric ester groups is 5. The van der Waals surface area contributed by atoms with E-state index < -0.39 is 279 Å². The topological polar surface area (TPSA) is 907 Å². The summed E-state index contributed by atoms with van der Waals surface area (Å²) in [6.45, 7) is -6.07. The molecule has 1 radical (unpaired) electrons. The Hall–Kier alpha value is -9.18. The summed E-state index contributed by atoms with van der Waals surface area (Å²) in [6.07, 6.45) is -37.0. The van der Waals surface area contributed by atoms with Crippen LogP contribution in [0.3, 0.4) is 0 Å². The minimum absolute atomic E-state index is 0.0823. The van der Waals surface area contributed by atoms with Crippen molar-refractivity contribution in [1.82, 2.24) is 87.2 Å². The van der Waals surface area contributed by atoms with E-state index >= 15 is 0 Å². The van der Waals surface area contributed by atoms with Crippen molar-refractivity contribution >= 4 is 110 Å². The van der Waals surface area contributed by atoms with Gasteiger partial charge in [0.2, 0.25) is 11.9 Å². The van der Waals surface area contributed by atoms with E-state index in [0.29, 0.717) is 9.13 Å². The first-order chi connectivity index (χ1) is 59.9. The fourth-order valence-corrected chi connectivity index (χ4v) is 19.7. The number of nitrogens with zero attached hydrogens (tertiary/aromatic N) is 15. The molecule has 127 heavy (non-hydrogen) atoms. The molecule has 24 N–H and O–H groups in total. The predicted molar refractivity (Wildman–Crippen MR) is 408 cm³/mol. The Kier molecular flexibility index (Phi) is 26.4. The second-order valence-electron chi connectivity index (χ2n) is 28.5. The number of fused-ring (bicyclic) bond motifs is 3. The molecule has 63 nitrogen and oxygen atoms in total. The molecule has 0 spiro atoms. The third kappa shape index (κ3) is 19.8. The molecule has 0 amide bonds. The quantitative estimate of drug-likeness (QED) is 0.0167. The van der Waals surface area contributed by atoms with E-state index in [1.165, 1.54) is 11.5 Å². The van der Waals surface area contributed by atoms with Crippen molar-refractivity contribution in [2.24, 2.45) is 0 Å². The Bertz CT molecular complexity index is 6320. The second kappa shape index (κ2) is 36.3. The lowest BCUT2D eigenvalue weighted by atomic mass is 10.1. The zero-order chi connectivity index (χ0) is 91.2. The molecular formula is C58H74N23O40P6. The van der Waals surface area contributed by atoms with Crippen LogP contribution in [0.25, 0.3) is 33.5 Å². The van der Waals surface area contributed by atoms with Gasteiger partial charge in [0.15, 0.2) is 58.7 Å². The van der Waals surface area contributed by atoms with E-state index in [1.54, 1.807) is 0 Å². The molecule has 15 heterocycles. The number of aliphatic hydroxyl groups is 5. The predicted octanol–water partition coefficient (Wildman–Crippen LogP) is -6.48. The fraction of sp³-hybridized carbons (Fsp3) is 0.534. The third-order valence-corrected chi connectivity index (χ3v) is 25.6. The highest BCUT2D eigenvalue weighted by Crippen LogP contribution is 2.57. The summed E-state index contributed by atoms with van der Waals surface area (Å²) in [6, 6.07) is 2.19. The van der Waals surface area contributed by atoms with E-state index in [2.05, 4.69) is 54.8 Å². The lowest BCUT2D eigenvalue weighted by molar-refractivity contribution is -0.0655. The first-order valence-corrected chi connectivity index (χ1v) is 45.3. The lowest BCUT2D eigenvalue weighted by Crippen LogP contribution is -2.38. The van der Waals surface area contributed by atoms with Crippen molar-refractivity contribution in [3.05, 3.63) is 124 Å².